The number of aromatic nitrogens is 1. The minimum atomic E-state index is -0.296. The van der Waals surface area contributed by atoms with Gasteiger partial charge in [-0.15, -0.1) is 0 Å². The Bertz CT molecular complexity index is 345. The molecule has 0 amide bonds. The van der Waals surface area contributed by atoms with Crippen LogP contribution < -0.4 is 5.32 Å². The van der Waals surface area contributed by atoms with Crippen LogP contribution in [0, 0.1) is 0 Å². The fraction of sp³-hybridized carbons (Fsp3) is 0.100. The lowest BCUT2D eigenvalue weighted by molar-refractivity contribution is 0.692. The third-order valence-electron chi connectivity index (χ3n) is 1.91. The van der Waals surface area contributed by atoms with Crippen LogP contribution in [0.25, 0.3) is 0 Å². The molecule has 66 valence electrons. The number of hydrogen-bond donors (Lipinski definition) is 1. The summed E-state index contributed by atoms with van der Waals surface area (Å²) in [6, 6.07) is 3.95. The Kier molecular flexibility index (Phi) is 2.19. The van der Waals surface area contributed by atoms with E-state index in [1.165, 1.54) is 0 Å². The first-order valence-corrected chi connectivity index (χ1v) is 4.82. The first kappa shape index (κ1) is 8.51. The Hall–Kier alpha value is -1.09. The monoisotopic (exact) mass is 236 g/mol. The Morgan fingerprint density at radius 3 is 2.92 bits per heavy atom. The van der Waals surface area contributed by atoms with E-state index in [9.17, 15) is 0 Å². The third-order valence-corrected chi connectivity index (χ3v) is 2.86. The second-order valence-electron chi connectivity index (χ2n) is 2.82. The zero-order valence-corrected chi connectivity index (χ0v) is 8.53. The highest BCUT2D eigenvalue weighted by Gasteiger charge is 2.24. The quantitative estimate of drug-likeness (QED) is 0.598. The van der Waals surface area contributed by atoms with Crippen molar-refractivity contribution in [3.8, 4) is 0 Å². The van der Waals surface area contributed by atoms with Crippen molar-refractivity contribution in [3.05, 3.63) is 54.5 Å². The molecule has 0 fully saturated rings. The molecule has 1 aromatic rings. The lowest BCUT2D eigenvalue weighted by Crippen LogP contribution is -2.31. The van der Waals surface area contributed by atoms with Crippen LogP contribution in [-0.2, 0) is 4.45 Å². The van der Waals surface area contributed by atoms with Crippen molar-refractivity contribution in [2.45, 2.75) is 4.45 Å². The van der Waals surface area contributed by atoms with Gasteiger partial charge >= 0.3 is 0 Å². The molecule has 0 spiro atoms. The highest BCUT2D eigenvalue weighted by atomic mass is 79.9. The second kappa shape index (κ2) is 3.34. The molecule has 13 heavy (non-hydrogen) atoms. The van der Waals surface area contributed by atoms with Gasteiger partial charge in [0.25, 0.3) is 0 Å². The third kappa shape index (κ3) is 1.65. The first-order valence-electron chi connectivity index (χ1n) is 4.03. The molecule has 0 radical (unpaired) electrons. The first-order chi connectivity index (χ1) is 6.31. The van der Waals surface area contributed by atoms with Crippen molar-refractivity contribution < 1.29 is 0 Å². The Morgan fingerprint density at radius 1 is 1.38 bits per heavy atom. The van der Waals surface area contributed by atoms with E-state index in [0.717, 1.165) is 5.56 Å². The maximum absolute atomic E-state index is 4.08. The zero-order valence-electron chi connectivity index (χ0n) is 6.94. The average molecular weight is 237 g/mol. The molecule has 1 aromatic heterocycles. The van der Waals surface area contributed by atoms with Crippen LogP contribution in [0.2, 0.25) is 0 Å². The SMILES string of the molecule is BrC1(c2cccnc2)C=CC=CN1. The average Bonchev–Trinajstić information content (AvgIpc) is 2.20. The minimum Gasteiger partial charge on any atom is -0.369 e. The molecule has 1 aliphatic heterocycles. The minimum absolute atomic E-state index is 0.296. The van der Waals surface area contributed by atoms with Crippen molar-refractivity contribution in [3.63, 3.8) is 0 Å². The van der Waals surface area contributed by atoms with Crippen LogP contribution in [-0.4, -0.2) is 4.98 Å². The molecule has 0 saturated heterocycles. The zero-order chi connectivity index (χ0) is 9.15. The topological polar surface area (TPSA) is 24.9 Å². The van der Waals surface area contributed by atoms with Gasteiger partial charge in [0.1, 0.15) is 4.45 Å². The molecule has 0 saturated carbocycles. The van der Waals surface area contributed by atoms with Gasteiger partial charge in [0.05, 0.1) is 0 Å². The molecular weight excluding hydrogens is 228 g/mol. The van der Waals surface area contributed by atoms with Gasteiger partial charge in [-0.25, -0.2) is 0 Å². The van der Waals surface area contributed by atoms with E-state index >= 15 is 0 Å². The van der Waals surface area contributed by atoms with Gasteiger partial charge in [-0.05, 0) is 24.4 Å². The van der Waals surface area contributed by atoms with Crippen LogP contribution in [0.5, 0.6) is 0 Å². The molecule has 3 heteroatoms. The second-order valence-corrected chi connectivity index (χ2v) is 4.07. The molecule has 1 N–H and O–H groups in total. The van der Waals surface area contributed by atoms with Crippen molar-refractivity contribution in [2.75, 3.05) is 0 Å². The summed E-state index contributed by atoms with van der Waals surface area (Å²) in [5.41, 5.74) is 1.09. The van der Waals surface area contributed by atoms with Gasteiger partial charge in [-0.2, -0.15) is 0 Å². The van der Waals surface area contributed by atoms with Crippen molar-refractivity contribution in [2.24, 2.45) is 0 Å². The highest BCUT2D eigenvalue weighted by molar-refractivity contribution is 9.09. The number of alkyl halides is 1. The van der Waals surface area contributed by atoms with Crippen LogP contribution in [0.4, 0.5) is 0 Å². The molecule has 2 heterocycles. The predicted molar refractivity (Wildman–Crippen MR) is 56.3 cm³/mol. The van der Waals surface area contributed by atoms with Crippen molar-refractivity contribution in [1.29, 1.82) is 0 Å². The van der Waals surface area contributed by atoms with Crippen LogP contribution in [0.15, 0.2) is 49.0 Å². The highest BCUT2D eigenvalue weighted by Crippen LogP contribution is 2.30. The number of hydrogen-bond acceptors (Lipinski definition) is 2. The van der Waals surface area contributed by atoms with Crippen LogP contribution in [0.3, 0.4) is 0 Å². The predicted octanol–water partition coefficient (Wildman–Crippen LogP) is 2.30. The van der Waals surface area contributed by atoms with Gasteiger partial charge < -0.3 is 5.32 Å². The van der Waals surface area contributed by atoms with Crippen LogP contribution in [0.1, 0.15) is 5.56 Å². The Labute approximate surface area is 85.5 Å². The van der Waals surface area contributed by atoms with E-state index in [1.54, 1.807) is 6.20 Å². The fourth-order valence-electron chi connectivity index (χ4n) is 1.22. The number of dihydropyridines is 1. The summed E-state index contributed by atoms with van der Waals surface area (Å²) in [6.07, 6.45) is 11.5. The maximum Gasteiger partial charge on any atom is 0.139 e. The van der Waals surface area contributed by atoms with E-state index in [-0.39, 0.29) is 4.45 Å². The number of nitrogens with one attached hydrogen (secondary N) is 1. The maximum atomic E-state index is 4.08. The summed E-state index contributed by atoms with van der Waals surface area (Å²) < 4.78 is -0.296. The van der Waals surface area contributed by atoms with E-state index < -0.39 is 0 Å². The molecule has 1 unspecified atom stereocenters. The smallest absolute Gasteiger partial charge is 0.139 e. The Balaban J connectivity index is 2.35. The van der Waals surface area contributed by atoms with Crippen LogP contribution >= 0.6 is 15.9 Å². The summed E-state index contributed by atoms with van der Waals surface area (Å²) in [5, 5.41) is 3.22. The van der Waals surface area contributed by atoms with Crippen molar-refractivity contribution in [1.82, 2.24) is 10.3 Å². The normalized spacial score (nSPS) is 25.6. The summed E-state index contributed by atoms with van der Waals surface area (Å²) in [4.78, 5) is 4.08. The fourth-order valence-corrected chi connectivity index (χ4v) is 1.74. The molecule has 2 nitrogen and oxygen atoms in total. The van der Waals surface area contributed by atoms with Gasteiger partial charge in [0, 0.05) is 18.0 Å². The number of rotatable bonds is 1. The number of pyridine rings is 1. The van der Waals surface area contributed by atoms with E-state index in [4.69, 9.17) is 0 Å². The Morgan fingerprint density at radius 2 is 2.31 bits per heavy atom. The van der Waals surface area contributed by atoms with Gasteiger partial charge in [0.2, 0.25) is 0 Å². The summed E-state index contributed by atoms with van der Waals surface area (Å²) in [5.74, 6) is 0. The molecule has 2 rings (SSSR count). The molecule has 1 atom stereocenters. The lowest BCUT2D eigenvalue weighted by Gasteiger charge is -2.26. The molecule has 0 aliphatic carbocycles. The summed E-state index contributed by atoms with van der Waals surface area (Å²) in [7, 11) is 0. The van der Waals surface area contributed by atoms with E-state index in [2.05, 4.69) is 26.2 Å². The number of allylic oxidation sites excluding steroid dienone is 2. The molecule has 1 aliphatic rings. The summed E-state index contributed by atoms with van der Waals surface area (Å²) >= 11 is 3.61. The number of nitrogens with zero attached hydrogens (tertiary/aromatic N) is 1. The van der Waals surface area contributed by atoms with Gasteiger partial charge in [0.15, 0.2) is 0 Å². The van der Waals surface area contributed by atoms with Gasteiger partial charge in [-0.3, -0.25) is 4.98 Å². The van der Waals surface area contributed by atoms with E-state index in [1.807, 2.05) is 42.8 Å². The standard InChI is InChI=1S/C10H9BrN2/c11-10(5-1-2-7-13-10)9-4-3-6-12-8-9/h1-8,13H. The van der Waals surface area contributed by atoms with Crippen molar-refractivity contribution >= 4 is 15.9 Å². The van der Waals surface area contributed by atoms with Gasteiger partial charge in [-0.1, -0.05) is 28.1 Å². The lowest BCUT2D eigenvalue weighted by atomic mass is 10.1. The molecule has 0 aromatic carbocycles. The van der Waals surface area contributed by atoms with E-state index in [0.29, 0.717) is 0 Å². The molecule has 0 bridgehead atoms. The molecular formula is C10H9BrN2. The number of halogens is 1. The largest absolute Gasteiger partial charge is 0.369 e. The summed E-state index contributed by atoms with van der Waals surface area (Å²) in [6.45, 7) is 0.